The second kappa shape index (κ2) is 7.34. The van der Waals surface area contributed by atoms with E-state index < -0.39 is 61.4 Å². The van der Waals surface area contributed by atoms with Gasteiger partial charge in [0.05, 0.1) is 27.0 Å². The molecule has 182 valence electrons. The number of aliphatic hydroxyl groups excluding tert-OH is 1. The number of carbonyl (C=O) groups is 1. The minimum Gasteiger partial charge on any atom is -0.507 e. The summed E-state index contributed by atoms with van der Waals surface area (Å²) in [4.78, 5) is 39.0. The molecule has 1 aromatic heterocycles. The number of aromatic hydroxyl groups is 4. The van der Waals surface area contributed by atoms with Gasteiger partial charge >= 0.3 is 0 Å². The predicted molar refractivity (Wildman–Crippen MR) is 132 cm³/mol. The second-order valence-electron chi connectivity index (χ2n) is 8.82. The molecule has 0 radical (unpaired) electrons. The lowest BCUT2D eigenvalue weighted by Crippen LogP contribution is -2.26. The summed E-state index contributed by atoms with van der Waals surface area (Å²) in [6, 6.07) is 10.2. The van der Waals surface area contributed by atoms with Crippen LogP contribution in [0.3, 0.4) is 0 Å². The first-order valence-electron chi connectivity index (χ1n) is 11.0. The Morgan fingerprint density at radius 1 is 0.676 bits per heavy atom. The minimum atomic E-state index is -0.864. The molecule has 1 aliphatic rings. The Bertz CT molecular complexity index is 2160. The lowest BCUT2D eigenvalue weighted by atomic mass is 9.86. The number of hydrogen-bond donors (Lipinski definition) is 5. The standard InChI is InChI=1S/C28H16O9/c1-10-7-11-19(15(31)8-10)26(34)20-12(25(11)33)9-16(32)23(27(20)35)22-14(30)5-6-18-24(22)28(36)21-13(29)3-2-4-17(21)37-18/h2-9,31-33,35-36H,1H3. The van der Waals surface area contributed by atoms with E-state index in [2.05, 4.69) is 0 Å². The molecule has 0 fully saturated rings. The van der Waals surface area contributed by atoms with Gasteiger partial charge < -0.3 is 29.9 Å². The van der Waals surface area contributed by atoms with Gasteiger partial charge in [0.15, 0.2) is 10.9 Å². The summed E-state index contributed by atoms with van der Waals surface area (Å²) >= 11 is 0. The van der Waals surface area contributed by atoms with Crippen molar-refractivity contribution >= 4 is 33.5 Å². The van der Waals surface area contributed by atoms with E-state index in [4.69, 9.17) is 4.42 Å². The topological polar surface area (TPSA) is 165 Å². The highest BCUT2D eigenvalue weighted by molar-refractivity contribution is 6.17. The maximum absolute atomic E-state index is 13.4. The van der Waals surface area contributed by atoms with Crippen LogP contribution in [0.25, 0.3) is 27.7 Å². The lowest BCUT2D eigenvalue weighted by Gasteiger charge is -2.19. The highest BCUT2D eigenvalue weighted by Crippen LogP contribution is 2.37. The highest BCUT2D eigenvalue weighted by atomic mass is 16.3. The third kappa shape index (κ3) is 2.88. The van der Waals surface area contributed by atoms with Crippen LogP contribution in [0.1, 0.15) is 27.0 Å². The molecule has 6 rings (SSSR count). The van der Waals surface area contributed by atoms with Crippen LogP contribution in [0.5, 0.6) is 23.0 Å². The first-order valence-corrected chi connectivity index (χ1v) is 11.0. The number of aryl methyl sites for hydroxylation is 1. The molecule has 0 atom stereocenters. The Morgan fingerprint density at radius 3 is 2.16 bits per heavy atom. The van der Waals surface area contributed by atoms with E-state index in [1.807, 2.05) is 0 Å². The Hall–Kier alpha value is -5.31. The van der Waals surface area contributed by atoms with Gasteiger partial charge in [-0.2, -0.15) is 0 Å². The number of aliphatic hydroxyl groups is 1. The zero-order chi connectivity index (χ0) is 26.3. The van der Waals surface area contributed by atoms with Gasteiger partial charge in [0.25, 0.3) is 0 Å². The van der Waals surface area contributed by atoms with Crippen LogP contribution < -0.4 is 16.1 Å². The molecular formula is C28H16O9. The van der Waals surface area contributed by atoms with Crippen LogP contribution in [-0.4, -0.2) is 31.3 Å². The van der Waals surface area contributed by atoms with Crippen molar-refractivity contribution < 1.29 is 34.7 Å². The quantitative estimate of drug-likeness (QED) is 0.203. The van der Waals surface area contributed by atoms with Crippen LogP contribution in [0.15, 0.2) is 62.5 Å². The Labute approximate surface area is 205 Å². The third-order valence-electron chi connectivity index (χ3n) is 6.57. The van der Waals surface area contributed by atoms with Crippen molar-refractivity contribution in [1.29, 1.82) is 0 Å². The summed E-state index contributed by atoms with van der Waals surface area (Å²) in [6.45, 7) is 1.65. The third-order valence-corrected chi connectivity index (χ3v) is 6.57. The summed E-state index contributed by atoms with van der Waals surface area (Å²) in [6.07, 6.45) is 0. The summed E-state index contributed by atoms with van der Waals surface area (Å²) in [5.41, 5.74) is -1.47. The van der Waals surface area contributed by atoms with Crippen molar-refractivity contribution in [2.45, 2.75) is 6.92 Å². The summed E-state index contributed by atoms with van der Waals surface area (Å²) in [5.74, 6) is -3.90. The molecule has 5 N–H and O–H groups in total. The molecule has 0 aliphatic heterocycles. The van der Waals surface area contributed by atoms with Crippen molar-refractivity contribution in [1.82, 2.24) is 0 Å². The number of ketones is 1. The van der Waals surface area contributed by atoms with Crippen LogP contribution in [0, 0.1) is 17.4 Å². The molecule has 0 amide bonds. The van der Waals surface area contributed by atoms with Crippen molar-refractivity contribution in [3.05, 3.63) is 107 Å². The van der Waals surface area contributed by atoms with E-state index in [-0.39, 0.29) is 38.3 Å². The molecule has 0 unspecified atom stereocenters. The van der Waals surface area contributed by atoms with Gasteiger partial charge in [-0.25, -0.2) is 0 Å². The van der Waals surface area contributed by atoms with E-state index in [1.165, 1.54) is 36.4 Å². The fourth-order valence-corrected chi connectivity index (χ4v) is 4.99. The van der Waals surface area contributed by atoms with Gasteiger partial charge in [0.1, 0.15) is 45.3 Å². The largest absolute Gasteiger partial charge is 0.507 e. The molecule has 9 heteroatoms. The van der Waals surface area contributed by atoms with Crippen LogP contribution in [-0.2, 0) is 0 Å². The lowest BCUT2D eigenvalue weighted by molar-refractivity contribution is 0.103. The number of benzene rings is 4. The number of hydrogen-bond acceptors (Lipinski definition) is 9. The van der Waals surface area contributed by atoms with Gasteiger partial charge in [-0.15, -0.1) is 0 Å². The van der Waals surface area contributed by atoms with Crippen LogP contribution in [0.4, 0.5) is 0 Å². The van der Waals surface area contributed by atoms with Crippen molar-refractivity contribution in [2.75, 3.05) is 0 Å². The first kappa shape index (κ1) is 22.2. The van der Waals surface area contributed by atoms with Crippen LogP contribution in [0.2, 0.25) is 0 Å². The summed E-state index contributed by atoms with van der Waals surface area (Å²) in [7, 11) is 0. The monoisotopic (exact) mass is 496 g/mol. The summed E-state index contributed by atoms with van der Waals surface area (Å²) in [5, 5.41) is 53.0. The van der Waals surface area contributed by atoms with E-state index in [0.29, 0.717) is 5.56 Å². The molecule has 1 heterocycles. The maximum Gasteiger partial charge on any atom is 0.201 e. The second-order valence-corrected chi connectivity index (χ2v) is 8.82. The molecule has 4 aromatic carbocycles. The first-order chi connectivity index (χ1) is 17.6. The Balaban J connectivity index is 1.91. The number of fused-ring (bicyclic) bond motifs is 4. The number of phenolic OH excluding ortho intramolecular Hbond substituents is 3. The van der Waals surface area contributed by atoms with Gasteiger partial charge in [0.2, 0.25) is 5.78 Å². The maximum atomic E-state index is 13.4. The number of phenols is 3. The van der Waals surface area contributed by atoms with E-state index in [9.17, 15) is 39.9 Å². The molecule has 9 nitrogen and oxygen atoms in total. The Morgan fingerprint density at radius 2 is 1.41 bits per heavy atom. The molecule has 0 saturated heterocycles. The zero-order valence-electron chi connectivity index (χ0n) is 19.0. The molecule has 1 aliphatic carbocycles. The van der Waals surface area contributed by atoms with E-state index >= 15 is 0 Å². The van der Waals surface area contributed by atoms with Gasteiger partial charge in [-0.3, -0.25) is 14.4 Å². The molecule has 0 bridgehead atoms. The fourth-order valence-electron chi connectivity index (χ4n) is 4.99. The number of rotatable bonds is 0. The van der Waals surface area contributed by atoms with E-state index in [1.54, 1.807) is 6.92 Å². The fraction of sp³-hybridized carbons (Fsp3) is 0.0357. The molecular weight excluding hydrogens is 480 g/mol. The van der Waals surface area contributed by atoms with Gasteiger partial charge in [-0.05, 0) is 55.0 Å². The van der Waals surface area contributed by atoms with Crippen molar-refractivity contribution in [2.24, 2.45) is 0 Å². The average molecular weight is 496 g/mol. The minimum absolute atomic E-state index is 0.0158. The number of carbonyl (C=O) groups excluding carboxylic acids is 1. The molecule has 5 aromatic rings. The van der Waals surface area contributed by atoms with Crippen LogP contribution >= 0.6 is 0 Å². The smallest absolute Gasteiger partial charge is 0.201 e. The molecule has 0 spiro atoms. The van der Waals surface area contributed by atoms with Crippen molar-refractivity contribution in [3.63, 3.8) is 0 Å². The van der Waals surface area contributed by atoms with Gasteiger partial charge in [-0.1, -0.05) is 6.07 Å². The van der Waals surface area contributed by atoms with E-state index in [0.717, 1.165) is 12.1 Å². The normalized spacial score (nSPS) is 13.6. The summed E-state index contributed by atoms with van der Waals surface area (Å²) < 4.78 is 5.72. The van der Waals surface area contributed by atoms with Gasteiger partial charge in [0, 0.05) is 10.8 Å². The van der Waals surface area contributed by atoms with Crippen molar-refractivity contribution in [3.8, 4) is 23.0 Å². The molecule has 0 saturated carbocycles. The predicted octanol–water partition coefficient (Wildman–Crippen LogP) is 2.70. The Kier molecular flexibility index (Phi) is 4.40. The zero-order valence-corrected chi connectivity index (χ0v) is 19.0. The SMILES string of the molecule is Cc1cc(O)c2c(c1)C(O)=c1cc(O)c(=c3c(=O)ccc4oc5cccc(=O)c5c(O)c34)c(O)c1C2=O. The molecule has 37 heavy (non-hydrogen) atoms. The highest BCUT2D eigenvalue weighted by Gasteiger charge is 2.31. The average Bonchev–Trinajstić information content (AvgIpc) is 2.83.